The standard InChI is InChI=1S/C15H14.Ti/c1-10-3-5-14-12(7-10)9-13-8-11(2)4-6-15(13)14;/h3-8H,9H2,1-2H3;. The van der Waals surface area contributed by atoms with E-state index < -0.39 is 0 Å². The Morgan fingerprint density at radius 2 is 1.19 bits per heavy atom. The molecule has 0 atom stereocenters. The van der Waals surface area contributed by atoms with Crippen LogP contribution < -0.4 is 0 Å². The predicted octanol–water partition coefficient (Wildman–Crippen LogP) is 3.87. The summed E-state index contributed by atoms with van der Waals surface area (Å²) in [6.07, 6.45) is 1.11. The van der Waals surface area contributed by atoms with Crippen molar-refractivity contribution in [3.63, 3.8) is 0 Å². The molecule has 0 amide bonds. The topological polar surface area (TPSA) is 0 Å². The van der Waals surface area contributed by atoms with Crippen molar-refractivity contribution >= 4 is 0 Å². The predicted molar refractivity (Wildman–Crippen MR) is 64.2 cm³/mol. The summed E-state index contributed by atoms with van der Waals surface area (Å²) >= 11 is 0. The van der Waals surface area contributed by atoms with E-state index in [1.54, 1.807) is 0 Å². The van der Waals surface area contributed by atoms with E-state index in [-0.39, 0.29) is 21.7 Å². The van der Waals surface area contributed by atoms with Gasteiger partial charge in [0.1, 0.15) is 0 Å². The van der Waals surface area contributed by atoms with E-state index in [4.69, 9.17) is 0 Å². The molecule has 2 aromatic rings. The molecule has 0 nitrogen and oxygen atoms in total. The third-order valence-corrected chi connectivity index (χ3v) is 3.19. The van der Waals surface area contributed by atoms with Crippen LogP contribution in [0.5, 0.6) is 0 Å². The van der Waals surface area contributed by atoms with E-state index in [2.05, 4.69) is 50.2 Å². The minimum atomic E-state index is 0. The average Bonchev–Trinajstić information content (AvgIpc) is 2.53. The van der Waals surface area contributed by atoms with E-state index in [1.807, 2.05) is 0 Å². The Labute approximate surface area is 112 Å². The quantitative estimate of drug-likeness (QED) is 0.525. The summed E-state index contributed by atoms with van der Waals surface area (Å²) < 4.78 is 0. The fourth-order valence-corrected chi connectivity index (χ4v) is 2.47. The molecule has 0 fully saturated rings. The first-order valence-corrected chi connectivity index (χ1v) is 5.43. The van der Waals surface area contributed by atoms with Crippen molar-refractivity contribution in [3.05, 3.63) is 58.7 Å². The molecule has 0 saturated heterocycles. The molecule has 0 unspecified atom stereocenters. The van der Waals surface area contributed by atoms with Crippen LogP contribution in [0.25, 0.3) is 11.1 Å². The van der Waals surface area contributed by atoms with E-state index in [0.717, 1.165) is 6.42 Å². The monoisotopic (exact) mass is 242 g/mol. The summed E-state index contributed by atoms with van der Waals surface area (Å²) in [4.78, 5) is 0. The molecular weight excluding hydrogens is 228 g/mol. The fraction of sp³-hybridized carbons (Fsp3) is 0.200. The van der Waals surface area contributed by atoms with Crippen LogP contribution >= 0.6 is 0 Å². The summed E-state index contributed by atoms with van der Waals surface area (Å²) in [5.74, 6) is 0. The third kappa shape index (κ3) is 1.77. The second kappa shape index (κ2) is 4.20. The minimum absolute atomic E-state index is 0. The van der Waals surface area contributed by atoms with Crippen LogP contribution in [0, 0.1) is 13.8 Å². The SMILES string of the molecule is Cc1ccc2c(c1)Cc1cc(C)ccc1-2.[Ti]. The normalized spacial score (nSPS) is 11.6. The van der Waals surface area contributed by atoms with Gasteiger partial charge in [0.2, 0.25) is 0 Å². The van der Waals surface area contributed by atoms with Gasteiger partial charge in [0.25, 0.3) is 0 Å². The maximum absolute atomic E-state index is 2.31. The maximum atomic E-state index is 2.31. The molecule has 78 valence electrons. The number of hydrogen-bond donors (Lipinski definition) is 0. The molecule has 0 aliphatic heterocycles. The number of aryl methyl sites for hydroxylation is 2. The summed E-state index contributed by atoms with van der Waals surface area (Å²) in [6.45, 7) is 4.32. The maximum Gasteiger partial charge on any atom is 0 e. The first kappa shape index (κ1) is 11.6. The molecule has 0 saturated carbocycles. The van der Waals surface area contributed by atoms with Crippen LogP contribution in [-0.2, 0) is 28.1 Å². The molecule has 0 spiro atoms. The van der Waals surface area contributed by atoms with Gasteiger partial charge >= 0.3 is 0 Å². The van der Waals surface area contributed by atoms with Crippen molar-refractivity contribution < 1.29 is 21.7 Å². The second-order valence-corrected chi connectivity index (χ2v) is 4.50. The van der Waals surface area contributed by atoms with Crippen LogP contribution in [0.4, 0.5) is 0 Å². The molecule has 1 heteroatoms. The van der Waals surface area contributed by atoms with Crippen molar-refractivity contribution in [1.82, 2.24) is 0 Å². The van der Waals surface area contributed by atoms with Crippen LogP contribution in [-0.4, -0.2) is 0 Å². The Bertz CT molecular complexity index is 492. The van der Waals surface area contributed by atoms with Crippen molar-refractivity contribution in [1.29, 1.82) is 0 Å². The van der Waals surface area contributed by atoms with Crippen LogP contribution in [0.15, 0.2) is 36.4 Å². The first-order valence-electron chi connectivity index (χ1n) is 5.43. The van der Waals surface area contributed by atoms with Gasteiger partial charge in [-0.15, -0.1) is 0 Å². The van der Waals surface area contributed by atoms with Gasteiger partial charge in [-0.1, -0.05) is 47.5 Å². The van der Waals surface area contributed by atoms with Gasteiger partial charge in [-0.05, 0) is 42.5 Å². The zero-order valence-electron chi connectivity index (χ0n) is 9.67. The Morgan fingerprint density at radius 3 is 1.62 bits per heavy atom. The van der Waals surface area contributed by atoms with E-state index in [0.29, 0.717) is 0 Å². The molecule has 0 N–H and O–H groups in total. The van der Waals surface area contributed by atoms with Crippen molar-refractivity contribution in [3.8, 4) is 11.1 Å². The average molecular weight is 242 g/mol. The summed E-state index contributed by atoms with van der Waals surface area (Å²) in [6, 6.07) is 13.5. The zero-order valence-corrected chi connectivity index (χ0v) is 11.2. The Hall–Kier alpha value is -0.846. The van der Waals surface area contributed by atoms with Gasteiger partial charge in [0.05, 0.1) is 0 Å². The van der Waals surface area contributed by atoms with Crippen molar-refractivity contribution in [2.24, 2.45) is 0 Å². The molecule has 0 radical (unpaired) electrons. The molecular formula is C15H14Ti. The third-order valence-electron chi connectivity index (χ3n) is 3.19. The second-order valence-electron chi connectivity index (χ2n) is 4.50. The van der Waals surface area contributed by atoms with Gasteiger partial charge in [0.15, 0.2) is 0 Å². The van der Waals surface area contributed by atoms with Gasteiger partial charge < -0.3 is 0 Å². The van der Waals surface area contributed by atoms with E-state index in [9.17, 15) is 0 Å². The number of benzene rings is 2. The Balaban J connectivity index is 0.000000963. The summed E-state index contributed by atoms with van der Waals surface area (Å²) in [5.41, 5.74) is 8.54. The largest absolute Gasteiger partial charge is 0.0587 e. The number of rotatable bonds is 0. The number of hydrogen-bond acceptors (Lipinski definition) is 0. The summed E-state index contributed by atoms with van der Waals surface area (Å²) in [5, 5.41) is 0. The molecule has 3 rings (SSSR count). The summed E-state index contributed by atoms with van der Waals surface area (Å²) in [7, 11) is 0. The van der Waals surface area contributed by atoms with Gasteiger partial charge in [-0.3, -0.25) is 0 Å². The van der Waals surface area contributed by atoms with Crippen molar-refractivity contribution in [2.75, 3.05) is 0 Å². The van der Waals surface area contributed by atoms with E-state index in [1.165, 1.54) is 33.4 Å². The molecule has 1 aliphatic rings. The van der Waals surface area contributed by atoms with Crippen molar-refractivity contribution in [2.45, 2.75) is 20.3 Å². The fourth-order valence-electron chi connectivity index (χ4n) is 2.47. The molecule has 0 heterocycles. The number of fused-ring (bicyclic) bond motifs is 3. The minimum Gasteiger partial charge on any atom is -0.0587 e. The molecule has 1 aliphatic carbocycles. The zero-order chi connectivity index (χ0) is 10.4. The van der Waals surface area contributed by atoms with E-state index >= 15 is 0 Å². The van der Waals surface area contributed by atoms with Gasteiger partial charge in [-0.2, -0.15) is 0 Å². The van der Waals surface area contributed by atoms with Crippen LogP contribution in [0.2, 0.25) is 0 Å². The van der Waals surface area contributed by atoms with Crippen LogP contribution in [0.3, 0.4) is 0 Å². The Morgan fingerprint density at radius 1 is 0.750 bits per heavy atom. The first-order chi connectivity index (χ1) is 7.24. The molecule has 16 heavy (non-hydrogen) atoms. The molecule has 0 bridgehead atoms. The Kier molecular flexibility index (Phi) is 3.05. The molecule has 0 aromatic heterocycles. The van der Waals surface area contributed by atoms with Crippen LogP contribution in [0.1, 0.15) is 22.3 Å². The van der Waals surface area contributed by atoms with Gasteiger partial charge in [-0.25, -0.2) is 0 Å². The smallest absolute Gasteiger partial charge is 0 e. The van der Waals surface area contributed by atoms with Gasteiger partial charge in [0, 0.05) is 21.7 Å². The molecule has 2 aromatic carbocycles.